The number of rotatable bonds is 3. The minimum atomic E-state index is -0.412. The summed E-state index contributed by atoms with van der Waals surface area (Å²) in [6.07, 6.45) is 3.54. The minimum absolute atomic E-state index is 0.288. The molecular weight excluding hydrogens is 407 g/mol. The van der Waals surface area contributed by atoms with Crippen LogP contribution in [0.2, 0.25) is 5.02 Å². The van der Waals surface area contributed by atoms with E-state index in [2.05, 4.69) is 44.6 Å². The zero-order valence-electron chi connectivity index (χ0n) is 16.9. The monoisotopic (exact) mass is 428 g/mol. The molecule has 1 fully saturated rings. The standard InChI is InChI=1S/C20H22ClFN8/c1-10-6-29(7-11(2)23-10)16-5-14(21)17-18(27-28-19(17)26-16)25-13-4-15(22)20-24-12(3)8-30(20)9-13/h4-5,8-11,23H,6-7H2,1-3H3,(H2,25,26,27,28)/t10-,11+. The van der Waals surface area contributed by atoms with E-state index in [0.717, 1.165) is 24.6 Å². The Hall–Kier alpha value is -2.91. The zero-order valence-corrected chi connectivity index (χ0v) is 17.6. The molecule has 0 amide bonds. The number of aromatic nitrogens is 5. The molecule has 10 heteroatoms. The second kappa shape index (κ2) is 7.10. The number of hydrogen-bond donors (Lipinski definition) is 3. The maximum absolute atomic E-state index is 14.4. The van der Waals surface area contributed by atoms with Gasteiger partial charge in [-0.3, -0.25) is 5.10 Å². The molecule has 2 atom stereocenters. The first-order chi connectivity index (χ1) is 14.4. The Balaban J connectivity index is 1.49. The number of halogens is 2. The van der Waals surface area contributed by atoms with Crippen LogP contribution in [0.5, 0.6) is 0 Å². The summed E-state index contributed by atoms with van der Waals surface area (Å²) in [5.41, 5.74) is 2.09. The molecule has 0 radical (unpaired) electrons. The largest absolute Gasteiger partial charge is 0.353 e. The Labute approximate surface area is 177 Å². The van der Waals surface area contributed by atoms with Crippen molar-refractivity contribution in [1.82, 2.24) is 29.9 Å². The molecule has 1 aliphatic rings. The number of nitrogens with one attached hydrogen (secondary N) is 3. The summed E-state index contributed by atoms with van der Waals surface area (Å²) in [7, 11) is 0. The summed E-state index contributed by atoms with van der Waals surface area (Å²) in [6.45, 7) is 7.82. The van der Waals surface area contributed by atoms with Gasteiger partial charge in [-0.2, -0.15) is 5.10 Å². The number of aromatic amines is 1. The van der Waals surface area contributed by atoms with Crippen LogP contribution in [0.1, 0.15) is 19.5 Å². The molecule has 30 heavy (non-hydrogen) atoms. The second-order valence-electron chi connectivity index (χ2n) is 7.95. The highest BCUT2D eigenvalue weighted by Crippen LogP contribution is 2.33. The van der Waals surface area contributed by atoms with Crippen molar-refractivity contribution in [2.75, 3.05) is 23.3 Å². The van der Waals surface area contributed by atoms with E-state index >= 15 is 0 Å². The number of nitrogens with zero attached hydrogens (tertiary/aromatic N) is 5. The van der Waals surface area contributed by atoms with Crippen molar-refractivity contribution < 1.29 is 4.39 Å². The number of imidazole rings is 1. The van der Waals surface area contributed by atoms with Crippen LogP contribution in [0.3, 0.4) is 0 Å². The predicted molar refractivity (Wildman–Crippen MR) is 116 cm³/mol. The molecule has 3 N–H and O–H groups in total. The lowest BCUT2D eigenvalue weighted by atomic mass is 10.1. The van der Waals surface area contributed by atoms with E-state index in [-0.39, 0.29) is 5.65 Å². The van der Waals surface area contributed by atoms with Gasteiger partial charge in [-0.05, 0) is 20.8 Å². The van der Waals surface area contributed by atoms with Gasteiger partial charge in [-0.1, -0.05) is 11.6 Å². The van der Waals surface area contributed by atoms with Gasteiger partial charge in [0.1, 0.15) is 11.6 Å². The highest BCUT2D eigenvalue weighted by Gasteiger charge is 2.24. The Morgan fingerprint density at radius 1 is 1.17 bits per heavy atom. The lowest BCUT2D eigenvalue weighted by Crippen LogP contribution is -2.54. The molecule has 8 nitrogen and oxygen atoms in total. The van der Waals surface area contributed by atoms with Crippen molar-refractivity contribution in [3.8, 4) is 0 Å². The summed E-state index contributed by atoms with van der Waals surface area (Å²) in [6, 6.07) is 3.97. The zero-order chi connectivity index (χ0) is 21.0. The molecule has 0 aromatic carbocycles. The summed E-state index contributed by atoms with van der Waals surface area (Å²) in [5.74, 6) is 0.948. The third-order valence-electron chi connectivity index (χ3n) is 5.24. The van der Waals surface area contributed by atoms with E-state index in [0.29, 0.717) is 39.6 Å². The van der Waals surface area contributed by atoms with Crippen LogP contribution in [-0.4, -0.2) is 49.7 Å². The third-order valence-corrected chi connectivity index (χ3v) is 5.54. The molecule has 4 aromatic heterocycles. The highest BCUT2D eigenvalue weighted by molar-refractivity contribution is 6.36. The summed E-state index contributed by atoms with van der Waals surface area (Å²) >= 11 is 6.63. The van der Waals surface area contributed by atoms with Crippen LogP contribution >= 0.6 is 11.6 Å². The molecule has 156 valence electrons. The number of hydrogen-bond acceptors (Lipinski definition) is 6. The Morgan fingerprint density at radius 3 is 2.70 bits per heavy atom. The van der Waals surface area contributed by atoms with Crippen LogP contribution in [0.15, 0.2) is 24.5 Å². The van der Waals surface area contributed by atoms with Crippen molar-refractivity contribution >= 4 is 45.6 Å². The van der Waals surface area contributed by atoms with Crippen LogP contribution in [0.25, 0.3) is 16.7 Å². The van der Waals surface area contributed by atoms with Gasteiger partial charge in [0.2, 0.25) is 0 Å². The predicted octanol–water partition coefficient (Wildman–Crippen LogP) is 3.64. The Bertz CT molecular complexity index is 1240. The molecule has 1 aliphatic heterocycles. The lowest BCUT2D eigenvalue weighted by molar-refractivity contribution is 0.405. The minimum Gasteiger partial charge on any atom is -0.353 e. The van der Waals surface area contributed by atoms with Gasteiger partial charge >= 0.3 is 0 Å². The Kier molecular flexibility index (Phi) is 4.52. The van der Waals surface area contributed by atoms with Crippen molar-refractivity contribution in [2.45, 2.75) is 32.9 Å². The summed E-state index contributed by atoms with van der Waals surface area (Å²) in [4.78, 5) is 11.1. The van der Waals surface area contributed by atoms with Crippen LogP contribution in [-0.2, 0) is 0 Å². The number of aryl methyl sites for hydroxylation is 1. The van der Waals surface area contributed by atoms with Crippen molar-refractivity contribution in [1.29, 1.82) is 0 Å². The molecule has 5 heterocycles. The fourth-order valence-corrected chi connectivity index (χ4v) is 4.40. The number of anilines is 3. The number of piperazine rings is 1. The molecule has 0 unspecified atom stereocenters. The average Bonchev–Trinajstić information content (AvgIpc) is 3.24. The first-order valence-electron chi connectivity index (χ1n) is 9.85. The highest BCUT2D eigenvalue weighted by atomic mass is 35.5. The maximum Gasteiger partial charge on any atom is 0.186 e. The molecule has 0 saturated carbocycles. The third kappa shape index (κ3) is 3.33. The average molecular weight is 429 g/mol. The number of pyridine rings is 2. The maximum atomic E-state index is 14.4. The topological polar surface area (TPSA) is 86.2 Å². The SMILES string of the molecule is Cc1cn2cc(Nc3[nH]nc4nc(N5C[C@@H](C)N[C@@H](C)C5)cc(Cl)c34)cc(F)c2n1. The van der Waals surface area contributed by atoms with E-state index in [4.69, 9.17) is 16.6 Å². The van der Waals surface area contributed by atoms with Gasteiger partial charge in [-0.15, -0.1) is 0 Å². The second-order valence-corrected chi connectivity index (χ2v) is 8.36. The van der Waals surface area contributed by atoms with Crippen molar-refractivity contribution in [2.24, 2.45) is 0 Å². The molecule has 1 saturated heterocycles. The van der Waals surface area contributed by atoms with Crippen LogP contribution in [0.4, 0.5) is 21.7 Å². The molecule has 4 aromatic rings. The summed E-state index contributed by atoms with van der Waals surface area (Å²) < 4.78 is 16.1. The number of H-pyrrole nitrogens is 1. The quantitative estimate of drug-likeness (QED) is 0.462. The van der Waals surface area contributed by atoms with Crippen LogP contribution in [0, 0.1) is 12.7 Å². The van der Waals surface area contributed by atoms with E-state index in [1.165, 1.54) is 6.07 Å². The lowest BCUT2D eigenvalue weighted by Gasteiger charge is -2.36. The first-order valence-corrected chi connectivity index (χ1v) is 10.2. The van der Waals surface area contributed by atoms with Crippen LogP contribution < -0.4 is 15.5 Å². The molecule has 0 spiro atoms. The van der Waals surface area contributed by atoms with E-state index < -0.39 is 5.82 Å². The van der Waals surface area contributed by atoms with Gasteiger partial charge in [0.15, 0.2) is 17.1 Å². The molecule has 0 aliphatic carbocycles. The van der Waals surface area contributed by atoms with Gasteiger partial charge in [0.05, 0.1) is 21.8 Å². The first kappa shape index (κ1) is 19.1. The molecule has 5 rings (SSSR count). The van der Waals surface area contributed by atoms with E-state index in [1.54, 1.807) is 16.8 Å². The smallest absolute Gasteiger partial charge is 0.186 e. The molecule has 0 bridgehead atoms. The van der Waals surface area contributed by atoms with E-state index in [9.17, 15) is 4.39 Å². The van der Waals surface area contributed by atoms with Gasteiger partial charge < -0.3 is 19.9 Å². The van der Waals surface area contributed by atoms with Gasteiger partial charge in [0.25, 0.3) is 0 Å². The fraction of sp³-hybridized carbons (Fsp3) is 0.350. The summed E-state index contributed by atoms with van der Waals surface area (Å²) in [5, 5.41) is 15.1. The Morgan fingerprint density at radius 2 is 1.93 bits per heavy atom. The van der Waals surface area contributed by atoms with Crippen molar-refractivity contribution in [3.05, 3.63) is 41.1 Å². The van der Waals surface area contributed by atoms with Gasteiger partial charge in [-0.25, -0.2) is 14.4 Å². The fourth-order valence-electron chi connectivity index (χ4n) is 4.12. The van der Waals surface area contributed by atoms with E-state index in [1.807, 2.05) is 13.0 Å². The van der Waals surface area contributed by atoms with Gasteiger partial charge in [0, 0.05) is 49.7 Å². The normalized spacial score (nSPS) is 19.7. The molecular formula is C20H22ClFN8. The van der Waals surface area contributed by atoms with Crippen molar-refractivity contribution in [3.63, 3.8) is 0 Å². The number of fused-ring (bicyclic) bond motifs is 2.